The Balaban J connectivity index is 1.65. The van der Waals surface area contributed by atoms with Crippen molar-refractivity contribution in [1.82, 2.24) is 9.78 Å². The van der Waals surface area contributed by atoms with Gasteiger partial charge in [0.2, 0.25) is 5.91 Å². The molecule has 0 spiro atoms. The number of alkyl halides is 3. The van der Waals surface area contributed by atoms with Crippen LogP contribution in [0.4, 0.5) is 18.9 Å². The second-order valence-corrected chi connectivity index (χ2v) is 5.81. The summed E-state index contributed by atoms with van der Waals surface area (Å²) in [5.41, 5.74) is -0.619. The number of anilines is 1. The first-order chi connectivity index (χ1) is 13.2. The quantitative estimate of drug-likeness (QED) is 0.697. The molecule has 0 aliphatic carbocycles. The van der Waals surface area contributed by atoms with E-state index in [2.05, 4.69) is 15.2 Å². The molecule has 1 aromatic heterocycles. The van der Waals surface area contributed by atoms with E-state index >= 15 is 0 Å². The van der Waals surface area contributed by atoms with E-state index in [0.717, 1.165) is 16.8 Å². The summed E-state index contributed by atoms with van der Waals surface area (Å²) in [6.07, 6.45) is -4.93. The van der Waals surface area contributed by atoms with Crippen LogP contribution in [-0.2, 0) is 11.3 Å². The minimum atomic E-state index is -4.80. The average Bonchev–Trinajstić information content (AvgIpc) is 2.64. The summed E-state index contributed by atoms with van der Waals surface area (Å²) in [4.78, 5) is 36.4. The maximum atomic E-state index is 12.4. The van der Waals surface area contributed by atoms with Crippen molar-refractivity contribution in [3.05, 3.63) is 69.2 Å². The third-order valence-corrected chi connectivity index (χ3v) is 3.82. The largest absolute Gasteiger partial charge is 0.573 e. The van der Waals surface area contributed by atoms with Gasteiger partial charge in [0.25, 0.3) is 11.1 Å². The summed E-state index contributed by atoms with van der Waals surface area (Å²) < 4.78 is 41.2. The van der Waals surface area contributed by atoms with Gasteiger partial charge >= 0.3 is 6.36 Å². The maximum Gasteiger partial charge on any atom is 0.573 e. The molecule has 0 atom stereocenters. The predicted molar refractivity (Wildman–Crippen MR) is 95.2 cm³/mol. The Hall–Kier alpha value is -3.56. The second kappa shape index (κ2) is 7.59. The van der Waals surface area contributed by atoms with Crippen molar-refractivity contribution in [3.63, 3.8) is 0 Å². The summed E-state index contributed by atoms with van der Waals surface area (Å²) in [6, 6.07) is 11.0. The number of fused-ring (bicyclic) bond motifs is 1. The lowest BCUT2D eigenvalue weighted by Crippen LogP contribution is -2.31. The van der Waals surface area contributed by atoms with Crippen LogP contribution >= 0.6 is 0 Å². The summed E-state index contributed by atoms with van der Waals surface area (Å²) in [5.74, 6) is -0.892. The van der Waals surface area contributed by atoms with E-state index in [1.807, 2.05) is 0 Å². The lowest BCUT2D eigenvalue weighted by molar-refractivity contribution is -0.274. The highest BCUT2D eigenvalue weighted by molar-refractivity contribution is 5.90. The van der Waals surface area contributed by atoms with Gasteiger partial charge in [-0.1, -0.05) is 12.1 Å². The van der Waals surface area contributed by atoms with Crippen LogP contribution in [0.5, 0.6) is 5.75 Å². The fraction of sp³-hybridized carbons (Fsp3) is 0.167. The Kier molecular flexibility index (Phi) is 5.21. The number of hydrogen-bond acceptors (Lipinski definition) is 4. The number of nitrogens with zero attached hydrogens (tertiary/aromatic N) is 1. The van der Waals surface area contributed by atoms with Crippen molar-refractivity contribution in [3.8, 4) is 5.75 Å². The number of amides is 1. The van der Waals surface area contributed by atoms with E-state index in [-0.39, 0.29) is 29.4 Å². The van der Waals surface area contributed by atoms with Gasteiger partial charge in [0.1, 0.15) is 5.75 Å². The zero-order chi connectivity index (χ0) is 20.3. The van der Waals surface area contributed by atoms with Crippen molar-refractivity contribution in [1.29, 1.82) is 0 Å². The molecule has 0 aliphatic heterocycles. The Morgan fingerprint density at radius 3 is 2.32 bits per heavy atom. The number of halogens is 3. The van der Waals surface area contributed by atoms with E-state index in [0.29, 0.717) is 0 Å². The Bertz CT molecular complexity index is 1120. The normalized spacial score (nSPS) is 11.4. The number of aryl methyl sites for hydroxylation is 1. The first-order valence-corrected chi connectivity index (χ1v) is 8.10. The van der Waals surface area contributed by atoms with E-state index in [4.69, 9.17) is 0 Å². The smallest absolute Gasteiger partial charge is 0.406 e. The summed E-state index contributed by atoms with van der Waals surface area (Å²) >= 11 is 0. The fourth-order valence-electron chi connectivity index (χ4n) is 2.58. The van der Waals surface area contributed by atoms with Gasteiger partial charge in [-0.15, -0.1) is 13.2 Å². The molecular weight excluding hydrogens is 379 g/mol. The number of H-pyrrole nitrogens is 1. The Morgan fingerprint density at radius 1 is 1.04 bits per heavy atom. The van der Waals surface area contributed by atoms with Gasteiger partial charge in [-0.05, 0) is 36.4 Å². The molecule has 2 N–H and O–H groups in total. The summed E-state index contributed by atoms with van der Waals surface area (Å²) in [5, 5.41) is 5.40. The monoisotopic (exact) mass is 393 g/mol. The minimum Gasteiger partial charge on any atom is -0.406 e. The van der Waals surface area contributed by atoms with Crippen molar-refractivity contribution in [2.75, 3.05) is 5.32 Å². The number of aromatic amines is 1. The van der Waals surface area contributed by atoms with Gasteiger partial charge in [0.05, 0.1) is 17.3 Å². The molecule has 2 aromatic carbocycles. The number of carbonyl (C=O) groups is 1. The van der Waals surface area contributed by atoms with E-state index in [1.54, 1.807) is 12.1 Å². The molecule has 0 unspecified atom stereocenters. The number of carbonyl (C=O) groups excluding carboxylic acids is 1. The molecule has 146 valence electrons. The van der Waals surface area contributed by atoms with Crippen molar-refractivity contribution < 1.29 is 22.7 Å². The van der Waals surface area contributed by atoms with Crippen LogP contribution in [0.1, 0.15) is 6.42 Å². The molecule has 0 bridgehead atoms. The molecule has 7 nitrogen and oxygen atoms in total. The number of hydrogen-bond donors (Lipinski definition) is 2. The maximum absolute atomic E-state index is 12.4. The third kappa shape index (κ3) is 4.58. The first-order valence-electron chi connectivity index (χ1n) is 8.10. The van der Waals surface area contributed by atoms with Crippen LogP contribution in [0.3, 0.4) is 0 Å². The van der Waals surface area contributed by atoms with Gasteiger partial charge in [0, 0.05) is 12.1 Å². The van der Waals surface area contributed by atoms with Gasteiger partial charge in [-0.25, -0.2) is 4.68 Å². The molecular formula is C18H14F3N3O4. The molecule has 10 heteroatoms. The number of rotatable bonds is 5. The van der Waals surface area contributed by atoms with Crippen molar-refractivity contribution >= 4 is 22.4 Å². The van der Waals surface area contributed by atoms with Gasteiger partial charge in [-0.2, -0.15) is 0 Å². The lowest BCUT2D eigenvalue weighted by atomic mass is 10.2. The molecule has 0 saturated heterocycles. The van der Waals surface area contributed by atoms with Crippen LogP contribution in [0, 0.1) is 0 Å². The van der Waals surface area contributed by atoms with E-state index in [9.17, 15) is 27.6 Å². The molecule has 1 amide bonds. The summed E-state index contributed by atoms with van der Waals surface area (Å²) in [7, 11) is 0. The van der Waals surface area contributed by atoms with Gasteiger partial charge < -0.3 is 10.1 Å². The second-order valence-electron chi connectivity index (χ2n) is 5.81. The van der Waals surface area contributed by atoms with E-state index in [1.165, 1.54) is 24.3 Å². The predicted octanol–water partition coefficient (Wildman–Crippen LogP) is 2.62. The molecule has 3 aromatic rings. The average molecular weight is 393 g/mol. The highest BCUT2D eigenvalue weighted by atomic mass is 19.4. The minimum absolute atomic E-state index is 0.0694. The Morgan fingerprint density at radius 2 is 1.68 bits per heavy atom. The molecule has 28 heavy (non-hydrogen) atoms. The topological polar surface area (TPSA) is 93.2 Å². The van der Waals surface area contributed by atoms with Gasteiger partial charge in [0.15, 0.2) is 0 Å². The highest BCUT2D eigenvalue weighted by Crippen LogP contribution is 2.23. The summed E-state index contributed by atoms with van der Waals surface area (Å²) in [6.45, 7) is -0.0694. The van der Waals surface area contributed by atoms with Crippen LogP contribution in [0.25, 0.3) is 10.8 Å². The SMILES string of the molecule is O=C(CCn1[nH]c(=O)c2ccccc2c1=O)Nc1ccc(OC(F)(F)F)cc1. The fourth-order valence-corrected chi connectivity index (χ4v) is 2.58. The molecule has 1 heterocycles. The van der Waals surface area contributed by atoms with Crippen molar-refractivity contribution in [2.45, 2.75) is 19.3 Å². The number of aromatic nitrogens is 2. The van der Waals surface area contributed by atoms with Crippen LogP contribution < -0.4 is 21.2 Å². The standard InChI is InChI=1S/C18H14F3N3O4/c19-18(20,21)28-12-7-5-11(6-8-12)22-15(25)9-10-24-17(27)14-4-2-1-3-13(14)16(26)23-24/h1-8H,9-10H2,(H,22,25)(H,23,26). The number of benzene rings is 2. The highest BCUT2D eigenvalue weighted by Gasteiger charge is 2.30. The van der Waals surface area contributed by atoms with Crippen LogP contribution in [-0.4, -0.2) is 22.1 Å². The molecule has 0 saturated carbocycles. The lowest BCUT2D eigenvalue weighted by Gasteiger charge is -2.10. The third-order valence-electron chi connectivity index (χ3n) is 3.82. The zero-order valence-corrected chi connectivity index (χ0v) is 14.2. The Labute approximate surface area is 155 Å². The van der Waals surface area contributed by atoms with Crippen LogP contribution in [0.2, 0.25) is 0 Å². The first kappa shape index (κ1) is 19.2. The zero-order valence-electron chi connectivity index (χ0n) is 14.2. The van der Waals surface area contributed by atoms with E-state index < -0.39 is 29.1 Å². The molecule has 3 rings (SSSR count). The van der Waals surface area contributed by atoms with Gasteiger partial charge in [-0.3, -0.25) is 19.5 Å². The van der Waals surface area contributed by atoms with Crippen LogP contribution in [0.15, 0.2) is 58.1 Å². The molecule has 0 fully saturated rings. The molecule has 0 aliphatic rings. The number of ether oxygens (including phenoxy) is 1. The molecule has 0 radical (unpaired) electrons. The number of nitrogens with one attached hydrogen (secondary N) is 2. The van der Waals surface area contributed by atoms with Crippen molar-refractivity contribution in [2.24, 2.45) is 0 Å².